The van der Waals surface area contributed by atoms with Gasteiger partial charge in [0.2, 0.25) is 0 Å². The van der Waals surface area contributed by atoms with E-state index < -0.39 is 0 Å². The van der Waals surface area contributed by atoms with Gasteiger partial charge in [0.05, 0.1) is 28.5 Å². The van der Waals surface area contributed by atoms with Gasteiger partial charge in [-0.05, 0) is 60.7 Å². The van der Waals surface area contributed by atoms with Crippen LogP contribution in [-0.2, 0) is 0 Å². The fourth-order valence-electron chi connectivity index (χ4n) is 4.20. The van der Waals surface area contributed by atoms with Crippen LogP contribution < -0.4 is 0 Å². The van der Waals surface area contributed by atoms with Crippen molar-refractivity contribution in [1.82, 2.24) is 19.9 Å². The van der Waals surface area contributed by atoms with Crippen LogP contribution in [0.2, 0.25) is 0 Å². The lowest BCUT2D eigenvalue weighted by Crippen LogP contribution is -2.07. The van der Waals surface area contributed by atoms with Gasteiger partial charge in [-0.2, -0.15) is 0 Å². The Kier molecular flexibility index (Phi) is 6.63. The van der Waals surface area contributed by atoms with Gasteiger partial charge in [-0.15, -0.1) is 0 Å². The molecule has 0 atom stereocenters. The van der Waals surface area contributed by atoms with Crippen molar-refractivity contribution in [3.63, 3.8) is 0 Å². The van der Waals surface area contributed by atoms with Gasteiger partial charge in [0.1, 0.15) is 0 Å². The molecule has 0 radical (unpaired) electrons. The largest absolute Gasteiger partial charge is 0.300 e. The van der Waals surface area contributed by atoms with Gasteiger partial charge in [-0.25, -0.2) is 0 Å². The quantitative estimate of drug-likeness (QED) is 0.206. The van der Waals surface area contributed by atoms with Gasteiger partial charge < -0.3 is 5.41 Å². The Bertz CT molecular complexity index is 1530. The second-order valence-electron chi connectivity index (χ2n) is 7.97. The highest BCUT2D eigenvalue weighted by Gasteiger charge is 2.26. The number of aromatic nitrogens is 4. The first-order chi connectivity index (χ1) is 17.8. The Labute approximate surface area is 210 Å². The normalized spacial score (nSPS) is 10.9. The summed E-state index contributed by atoms with van der Waals surface area (Å²) in [6.45, 7) is 3.78. The molecule has 1 aromatic carbocycles. The molecule has 0 spiro atoms. The molecule has 0 bridgehead atoms. The molecule has 0 saturated carbocycles. The van der Waals surface area contributed by atoms with Crippen molar-refractivity contribution in [3.8, 4) is 45.0 Å². The first-order valence-electron chi connectivity index (χ1n) is 11.5. The lowest BCUT2D eigenvalue weighted by Gasteiger charge is -2.22. The van der Waals surface area contributed by atoms with Crippen LogP contribution in [0.25, 0.3) is 45.0 Å². The Balaban J connectivity index is 2.00. The molecule has 5 rings (SSSR count). The second-order valence-corrected chi connectivity index (χ2v) is 7.97. The van der Waals surface area contributed by atoms with Crippen molar-refractivity contribution in [1.29, 1.82) is 5.41 Å². The van der Waals surface area contributed by atoms with Gasteiger partial charge >= 0.3 is 0 Å². The van der Waals surface area contributed by atoms with Gasteiger partial charge in [0, 0.05) is 52.6 Å². The molecule has 5 heteroatoms. The molecule has 5 aromatic rings. The monoisotopic (exact) mass is 465 g/mol. The third-order valence-electron chi connectivity index (χ3n) is 5.72. The second kappa shape index (κ2) is 10.5. The molecule has 5 nitrogen and oxygen atoms in total. The van der Waals surface area contributed by atoms with Crippen LogP contribution in [0.3, 0.4) is 0 Å². The number of hydrogen-bond donors (Lipinski definition) is 1. The Morgan fingerprint density at radius 2 is 1.08 bits per heavy atom. The first-order valence-corrected chi connectivity index (χ1v) is 11.5. The molecule has 4 aromatic heterocycles. The minimum absolute atomic E-state index is 0.320. The lowest BCUT2D eigenvalue weighted by molar-refractivity contribution is 1.27. The average molecular weight is 466 g/mol. The molecule has 0 aliphatic heterocycles. The maximum absolute atomic E-state index is 9.12. The van der Waals surface area contributed by atoms with Crippen LogP contribution in [0, 0.1) is 5.41 Å². The molecule has 0 fully saturated rings. The summed E-state index contributed by atoms with van der Waals surface area (Å²) < 4.78 is 0. The number of nitrogens with one attached hydrogen (secondary N) is 1. The predicted octanol–water partition coefficient (Wildman–Crippen LogP) is 7.04. The number of allylic oxidation sites excluding steroid dienone is 3. The summed E-state index contributed by atoms with van der Waals surface area (Å²) >= 11 is 0. The number of benzene rings is 1. The van der Waals surface area contributed by atoms with Crippen LogP contribution >= 0.6 is 0 Å². The summed E-state index contributed by atoms with van der Waals surface area (Å²) in [6.07, 6.45) is 12.2. The van der Waals surface area contributed by atoms with E-state index in [9.17, 15) is 0 Å². The number of nitrogens with zero attached hydrogens (tertiary/aromatic N) is 4. The summed E-state index contributed by atoms with van der Waals surface area (Å²) in [5, 5.41) is 9.12. The highest BCUT2D eigenvalue weighted by atomic mass is 14.7. The molecule has 0 amide bonds. The van der Waals surface area contributed by atoms with Crippen LogP contribution in [0.4, 0.5) is 0 Å². The zero-order valence-electron chi connectivity index (χ0n) is 19.5. The molecule has 1 N–H and O–H groups in total. The molecule has 0 aliphatic carbocycles. The maximum Gasteiger partial charge on any atom is 0.0716 e. The summed E-state index contributed by atoms with van der Waals surface area (Å²) in [5.74, 6) is 0. The highest BCUT2D eigenvalue weighted by molar-refractivity contribution is 6.18. The van der Waals surface area contributed by atoms with Crippen molar-refractivity contribution in [2.24, 2.45) is 0 Å². The van der Waals surface area contributed by atoms with Gasteiger partial charge in [-0.3, -0.25) is 19.9 Å². The third kappa shape index (κ3) is 4.50. The van der Waals surface area contributed by atoms with E-state index in [1.165, 1.54) is 0 Å². The summed E-state index contributed by atoms with van der Waals surface area (Å²) in [7, 11) is 0. The van der Waals surface area contributed by atoms with Crippen LogP contribution in [0.1, 0.15) is 5.56 Å². The van der Waals surface area contributed by atoms with Crippen molar-refractivity contribution in [3.05, 3.63) is 134 Å². The van der Waals surface area contributed by atoms with Crippen molar-refractivity contribution >= 4 is 5.71 Å². The number of rotatable bonds is 7. The number of hydrogen-bond acceptors (Lipinski definition) is 5. The molecular formula is C31H23N5. The van der Waals surface area contributed by atoms with E-state index in [0.717, 1.165) is 45.0 Å². The molecule has 4 heterocycles. The van der Waals surface area contributed by atoms with E-state index in [-0.39, 0.29) is 0 Å². The molecular weight excluding hydrogens is 442 g/mol. The zero-order valence-corrected chi connectivity index (χ0v) is 19.5. The fourth-order valence-corrected chi connectivity index (χ4v) is 4.20. The third-order valence-corrected chi connectivity index (χ3v) is 5.72. The maximum atomic E-state index is 9.12. The van der Waals surface area contributed by atoms with Crippen LogP contribution in [-0.4, -0.2) is 25.6 Å². The predicted molar refractivity (Wildman–Crippen MR) is 146 cm³/mol. The van der Waals surface area contributed by atoms with Crippen LogP contribution in [0.15, 0.2) is 128 Å². The van der Waals surface area contributed by atoms with E-state index >= 15 is 0 Å². The first kappa shape index (κ1) is 22.7. The average Bonchev–Trinajstić information content (AvgIpc) is 2.96. The van der Waals surface area contributed by atoms with Crippen LogP contribution in [0.5, 0.6) is 0 Å². The van der Waals surface area contributed by atoms with E-state index in [0.29, 0.717) is 11.3 Å². The topological polar surface area (TPSA) is 75.4 Å². The Morgan fingerprint density at radius 3 is 1.56 bits per heavy atom. The summed E-state index contributed by atoms with van der Waals surface area (Å²) in [4.78, 5) is 18.8. The van der Waals surface area contributed by atoms with Gasteiger partial charge in [-0.1, -0.05) is 43.0 Å². The molecule has 0 aliphatic rings. The Hall–Kier alpha value is -5.03. The van der Waals surface area contributed by atoms with E-state index in [2.05, 4.69) is 22.6 Å². The van der Waals surface area contributed by atoms with Crippen molar-refractivity contribution in [2.45, 2.75) is 0 Å². The molecule has 0 unspecified atom stereocenters. The van der Waals surface area contributed by atoms with Gasteiger partial charge in [0.15, 0.2) is 0 Å². The van der Waals surface area contributed by atoms with E-state index in [1.54, 1.807) is 43.0 Å². The smallest absolute Gasteiger partial charge is 0.0716 e. The molecule has 0 saturated heterocycles. The zero-order chi connectivity index (χ0) is 24.7. The minimum Gasteiger partial charge on any atom is -0.300 e. The van der Waals surface area contributed by atoms with Gasteiger partial charge in [0.25, 0.3) is 0 Å². The SMILES string of the molecule is C=C/C=C\C(=N)c1c(-c2ccccn2)cc(-c2ccccn2)c(-c2ccccn2)c1-c1ccccn1. The highest BCUT2D eigenvalue weighted by Crippen LogP contribution is 2.44. The van der Waals surface area contributed by atoms with E-state index in [4.69, 9.17) is 15.4 Å². The summed E-state index contributed by atoms with van der Waals surface area (Å²) in [6, 6.07) is 25.3. The summed E-state index contributed by atoms with van der Waals surface area (Å²) in [5.41, 5.74) is 7.46. The van der Waals surface area contributed by atoms with Crippen molar-refractivity contribution < 1.29 is 0 Å². The lowest BCUT2D eigenvalue weighted by atomic mass is 9.83. The Morgan fingerprint density at radius 1 is 0.611 bits per heavy atom. The molecule has 172 valence electrons. The fraction of sp³-hybridized carbons (Fsp3) is 0. The minimum atomic E-state index is 0.320. The van der Waals surface area contributed by atoms with Crippen molar-refractivity contribution in [2.75, 3.05) is 0 Å². The number of pyridine rings is 4. The standard InChI is InChI=1S/C31H23N5/c1-2-3-12-24(32)29-22(25-13-4-8-17-33-25)21-23(26-14-5-9-18-34-26)30(27-15-6-10-19-35-27)31(29)28-16-7-11-20-36-28/h2-21,32H,1H2/b12-3-,32-24?. The van der Waals surface area contributed by atoms with E-state index in [1.807, 2.05) is 72.8 Å². The molecule has 36 heavy (non-hydrogen) atoms.